The van der Waals surface area contributed by atoms with E-state index in [9.17, 15) is 4.79 Å². The van der Waals surface area contributed by atoms with Crippen molar-refractivity contribution in [2.45, 2.75) is 104 Å². The molecule has 0 spiro atoms. The average molecular weight is 405 g/mol. The Morgan fingerprint density at radius 1 is 1.03 bits per heavy atom. The fourth-order valence-electron chi connectivity index (χ4n) is 9.13. The van der Waals surface area contributed by atoms with Crippen molar-refractivity contribution < 1.29 is 14.6 Å². The lowest BCUT2D eigenvalue weighted by atomic mass is 9.44. The van der Waals surface area contributed by atoms with E-state index in [0.29, 0.717) is 29.3 Å². The maximum Gasteiger partial charge on any atom is 0.303 e. The predicted molar refractivity (Wildman–Crippen MR) is 117 cm³/mol. The smallest absolute Gasteiger partial charge is 0.303 e. The SMILES string of the molecule is CCO[C@@H]1CC[C@@]2(C)[C@H](CC[C@@H]3[C@@H]2CC[C@]2(C)[C@@H]([C@H](C)CCC(=O)O)CC[C@@H]32)C1. The van der Waals surface area contributed by atoms with Crippen LogP contribution < -0.4 is 0 Å². The van der Waals surface area contributed by atoms with Crippen LogP contribution in [0.4, 0.5) is 0 Å². The molecule has 0 aromatic heterocycles. The zero-order chi connectivity index (χ0) is 20.8. The molecule has 0 saturated heterocycles. The summed E-state index contributed by atoms with van der Waals surface area (Å²) in [5.41, 5.74) is 0.982. The summed E-state index contributed by atoms with van der Waals surface area (Å²) in [6.07, 6.45) is 14.0. The molecule has 4 fully saturated rings. The number of carboxylic acid groups (broad SMARTS) is 1. The fraction of sp³-hybridized carbons (Fsp3) is 0.962. The molecule has 166 valence electrons. The van der Waals surface area contributed by atoms with E-state index in [1.807, 2.05) is 0 Å². The second-order valence-corrected chi connectivity index (χ2v) is 11.6. The molecule has 0 aliphatic heterocycles. The Balaban J connectivity index is 1.47. The zero-order valence-electron chi connectivity index (χ0n) is 19.3. The highest BCUT2D eigenvalue weighted by atomic mass is 16.5. The van der Waals surface area contributed by atoms with Crippen molar-refractivity contribution in [3.63, 3.8) is 0 Å². The monoisotopic (exact) mass is 404 g/mol. The van der Waals surface area contributed by atoms with Crippen molar-refractivity contribution in [3.8, 4) is 0 Å². The molecule has 0 aromatic rings. The fourth-order valence-corrected chi connectivity index (χ4v) is 9.13. The van der Waals surface area contributed by atoms with Gasteiger partial charge in [0.2, 0.25) is 0 Å². The molecule has 0 amide bonds. The van der Waals surface area contributed by atoms with Crippen molar-refractivity contribution >= 4 is 5.97 Å². The Morgan fingerprint density at radius 2 is 1.76 bits per heavy atom. The summed E-state index contributed by atoms with van der Waals surface area (Å²) in [5, 5.41) is 9.14. The van der Waals surface area contributed by atoms with Crippen LogP contribution >= 0.6 is 0 Å². The summed E-state index contributed by atoms with van der Waals surface area (Å²) in [5.74, 6) is 4.21. The van der Waals surface area contributed by atoms with Gasteiger partial charge in [-0.2, -0.15) is 0 Å². The highest BCUT2D eigenvalue weighted by molar-refractivity contribution is 5.66. The molecule has 29 heavy (non-hydrogen) atoms. The highest BCUT2D eigenvalue weighted by Crippen LogP contribution is 2.68. The van der Waals surface area contributed by atoms with Gasteiger partial charge in [-0.25, -0.2) is 0 Å². The minimum Gasteiger partial charge on any atom is -0.481 e. The number of carboxylic acids is 1. The molecule has 4 aliphatic rings. The van der Waals surface area contributed by atoms with Crippen LogP contribution in [0.1, 0.15) is 98.3 Å². The van der Waals surface area contributed by atoms with Crippen molar-refractivity contribution in [2.24, 2.45) is 46.3 Å². The van der Waals surface area contributed by atoms with Gasteiger partial charge in [0, 0.05) is 13.0 Å². The maximum atomic E-state index is 11.1. The summed E-state index contributed by atoms with van der Waals surface area (Å²) in [6, 6.07) is 0. The van der Waals surface area contributed by atoms with E-state index in [2.05, 4.69) is 27.7 Å². The minimum absolute atomic E-state index is 0.339. The van der Waals surface area contributed by atoms with E-state index in [-0.39, 0.29) is 0 Å². The van der Waals surface area contributed by atoms with Crippen LogP contribution in [-0.4, -0.2) is 23.8 Å². The Bertz CT molecular complexity index is 603. The molecule has 0 bridgehead atoms. The number of fused-ring (bicyclic) bond motifs is 5. The number of hydrogen-bond donors (Lipinski definition) is 1. The van der Waals surface area contributed by atoms with Gasteiger partial charge in [0.1, 0.15) is 0 Å². The third kappa shape index (κ3) is 3.68. The highest BCUT2D eigenvalue weighted by Gasteiger charge is 2.60. The van der Waals surface area contributed by atoms with Crippen LogP contribution in [0, 0.1) is 46.3 Å². The number of carbonyl (C=O) groups is 1. The van der Waals surface area contributed by atoms with Gasteiger partial charge < -0.3 is 9.84 Å². The maximum absolute atomic E-state index is 11.1. The van der Waals surface area contributed by atoms with Crippen molar-refractivity contribution in [2.75, 3.05) is 6.61 Å². The van der Waals surface area contributed by atoms with E-state index >= 15 is 0 Å². The molecule has 0 aromatic carbocycles. The van der Waals surface area contributed by atoms with E-state index < -0.39 is 5.97 Å². The van der Waals surface area contributed by atoms with Crippen LogP contribution in [0.3, 0.4) is 0 Å². The lowest BCUT2D eigenvalue weighted by Crippen LogP contribution is -2.54. The first kappa shape index (κ1) is 21.7. The van der Waals surface area contributed by atoms with Crippen LogP contribution in [0.5, 0.6) is 0 Å². The summed E-state index contributed by atoms with van der Waals surface area (Å²) in [4.78, 5) is 11.1. The van der Waals surface area contributed by atoms with Crippen LogP contribution in [0.2, 0.25) is 0 Å². The topological polar surface area (TPSA) is 46.5 Å². The van der Waals surface area contributed by atoms with E-state index in [1.165, 1.54) is 57.8 Å². The van der Waals surface area contributed by atoms with E-state index in [0.717, 1.165) is 42.6 Å². The number of rotatable bonds is 6. The third-order valence-corrected chi connectivity index (χ3v) is 10.6. The van der Waals surface area contributed by atoms with Crippen LogP contribution in [0.15, 0.2) is 0 Å². The Morgan fingerprint density at radius 3 is 2.48 bits per heavy atom. The van der Waals surface area contributed by atoms with Gasteiger partial charge in [-0.1, -0.05) is 20.8 Å². The molecule has 3 heteroatoms. The Kier molecular flexibility index (Phi) is 6.10. The van der Waals surface area contributed by atoms with Gasteiger partial charge in [-0.15, -0.1) is 0 Å². The second kappa shape index (κ2) is 8.17. The normalized spacial score (nSPS) is 47.7. The molecular formula is C26H44O3. The first-order valence-corrected chi connectivity index (χ1v) is 12.6. The van der Waals surface area contributed by atoms with Gasteiger partial charge in [0.05, 0.1) is 6.10 Å². The largest absolute Gasteiger partial charge is 0.481 e. The Labute approximate surface area is 178 Å². The summed E-state index contributed by atoms with van der Waals surface area (Å²) >= 11 is 0. The molecule has 0 heterocycles. The lowest BCUT2D eigenvalue weighted by Gasteiger charge is -2.61. The van der Waals surface area contributed by atoms with E-state index in [4.69, 9.17) is 9.84 Å². The Hall–Kier alpha value is -0.570. The molecule has 3 nitrogen and oxygen atoms in total. The molecule has 1 N–H and O–H groups in total. The third-order valence-electron chi connectivity index (χ3n) is 10.6. The van der Waals surface area contributed by atoms with Gasteiger partial charge in [-0.3, -0.25) is 4.79 Å². The van der Waals surface area contributed by atoms with Crippen LogP contribution in [0.25, 0.3) is 0 Å². The quantitative estimate of drug-likeness (QED) is 0.546. The molecular weight excluding hydrogens is 360 g/mol. The van der Waals surface area contributed by atoms with Crippen LogP contribution in [-0.2, 0) is 9.53 Å². The molecule has 4 aliphatic carbocycles. The number of aliphatic carboxylic acids is 1. The van der Waals surface area contributed by atoms with Gasteiger partial charge in [-0.05, 0) is 117 Å². The minimum atomic E-state index is -0.630. The molecule has 4 rings (SSSR count). The molecule has 0 radical (unpaired) electrons. The predicted octanol–water partition coefficient (Wildman–Crippen LogP) is 6.55. The lowest BCUT2D eigenvalue weighted by molar-refractivity contribution is -0.139. The number of ether oxygens (including phenoxy) is 1. The van der Waals surface area contributed by atoms with Crippen molar-refractivity contribution in [1.29, 1.82) is 0 Å². The first-order valence-electron chi connectivity index (χ1n) is 12.6. The molecule has 0 unspecified atom stereocenters. The van der Waals surface area contributed by atoms with Crippen molar-refractivity contribution in [1.82, 2.24) is 0 Å². The second-order valence-electron chi connectivity index (χ2n) is 11.6. The molecule has 9 atom stereocenters. The summed E-state index contributed by atoms with van der Waals surface area (Å²) < 4.78 is 6.04. The average Bonchev–Trinajstić information content (AvgIpc) is 3.04. The van der Waals surface area contributed by atoms with Gasteiger partial charge in [0.15, 0.2) is 0 Å². The number of hydrogen-bond acceptors (Lipinski definition) is 2. The van der Waals surface area contributed by atoms with E-state index in [1.54, 1.807) is 0 Å². The first-order chi connectivity index (χ1) is 13.8. The molecule has 4 saturated carbocycles. The standard InChI is InChI=1S/C26H44O3/c1-5-29-19-12-14-25(3)18(16-19)7-8-20-22-10-9-21(17(2)6-11-24(27)28)26(22,4)15-13-23(20)25/h17-23H,5-16H2,1-4H3,(H,27,28)/t17-,18-,19-,20+,21-,22+,23+,25+,26-/m1/s1. The van der Waals surface area contributed by atoms with Gasteiger partial charge in [0.25, 0.3) is 0 Å². The summed E-state index contributed by atoms with van der Waals surface area (Å²) in [7, 11) is 0. The van der Waals surface area contributed by atoms with Crippen molar-refractivity contribution in [3.05, 3.63) is 0 Å². The zero-order valence-corrected chi connectivity index (χ0v) is 19.3. The van der Waals surface area contributed by atoms with Gasteiger partial charge >= 0.3 is 5.97 Å². The summed E-state index contributed by atoms with van der Waals surface area (Å²) in [6.45, 7) is 10.6.